The highest BCUT2D eigenvalue weighted by molar-refractivity contribution is 9.10. The molecule has 1 amide bonds. The Hall–Kier alpha value is -1.73. The summed E-state index contributed by atoms with van der Waals surface area (Å²) in [5, 5.41) is 6.10. The average molecular weight is 385 g/mol. The number of rotatable bonds is 3. The summed E-state index contributed by atoms with van der Waals surface area (Å²) in [6, 6.07) is 5.29. The molecule has 0 spiro atoms. The molecule has 3 rings (SSSR count). The Morgan fingerprint density at radius 2 is 2.13 bits per heavy atom. The van der Waals surface area contributed by atoms with E-state index in [-0.39, 0.29) is 23.6 Å². The van der Waals surface area contributed by atoms with Crippen LogP contribution in [0.25, 0.3) is 0 Å². The normalized spacial score (nSPS) is 21.2. The van der Waals surface area contributed by atoms with Gasteiger partial charge in [0.05, 0.1) is 10.7 Å². The summed E-state index contributed by atoms with van der Waals surface area (Å²) < 4.78 is 32.4. The van der Waals surface area contributed by atoms with Gasteiger partial charge in [0.2, 0.25) is 5.76 Å². The number of carbonyl (C=O) groups excluding carboxylic acids is 1. The summed E-state index contributed by atoms with van der Waals surface area (Å²) in [7, 11) is 0. The zero-order chi connectivity index (χ0) is 16.4. The highest BCUT2D eigenvalue weighted by Crippen LogP contribution is 2.27. The van der Waals surface area contributed by atoms with E-state index < -0.39 is 11.6 Å². The largest absolute Gasteiger partial charge is 0.458 e. The Labute approximate surface area is 140 Å². The molecule has 0 saturated carbocycles. The lowest BCUT2D eigenvalue weighted by Gasteiger charge is -2.33. The van der Waals surface area contributed by atoms with Crippen LogP contribution in [0.4, 0.5) is 8.78 Å². The number of hydrogen-bond donors (Lipinski definition) is 2. The maximum atomic E-state index is 13.5. The third-order valence-electron chi connectivity index (χ3n) is 3.99. The van der Waals surface area contributed by atoms with Crippen LogP contribution in [-0.2, 0) is 0 Å². The SMILES string of the molecule is O=C(NC1CNCCC1c1ccc(F)c(F)c1)c1occc1Br. The number of halogens is 3. The highest BCUT2D eigenvalue weighted by Gasteiger charge is 2.29. The van der Waals surface area contributed by atoms with Gasteiger partial charge in [-0.05, 0) is 52.7 Å². The maximum Gasteiger partial charge on any atom is 0.288 e. The molecule has 1 aliphatic rings. The van der Waals surface area contributed by atoms with E-state index in [9.17, 15) is 13.6 Å². The molecule has 2 heterocycles. The summed E-state index contributed by atoms with van der Waals surface area (Å²) in [5.74, 6) is -1.99. The van der Waals surface area contributed by atoms with Gasteiger partial charge in [0, 0.05) is 18.5 Å². The van der Waals surface area contributed by atoms with Crippen molar-refractivity contribution < 1.29 is 18.0 Å². The minimum atomic E-state index is -0.875. The predicted octanol–water partition coefficient (Wildman–Crippen LogP) is 3.20. The molecule has 4 nitrogen and oxygen atoms in total. The van der Waals surface area contributed by atoms with Gasteiger partial charge in [0.15, 0.2) is 11.6 Å². The Balaban J connectivity index is 1.80. The Morgan fingerprint density at radius 1 is 1.30 bits per heavy atom. The fraction of sp³-hybridized carbons (Fsp3) is 0.312. The molecule has 2 N–H and O–H groups in total. The van der Waals surface area contributed by atoms with E-state index in [4.69, 9.17) is 4.42 Å². The number of furan rings is 1. The average Bonchev–Trinajstić information content (AvgIpc) is 2.97. The molecule has 23 heavy (non-hydrogen) atoms. The van der Waals surface area contributed by atoms with Crippen molar-refractivity contribution in [3.63, 3.8) is 0 Å². The zero-order valence-electron chi connectivity index (χ0n) is 12.1. The molecule has 2 unspecified atom stereocenters. The van der Waals surface area contributed by atoms with Crippen molar-refractivity contribution in [1.29, 1.82) is 0 Å². The van der Waals surface area contributed by atoms with E-state index in [0.29, 0.717) is 16.6 Å². The molecule has 1 fully saturated rings. The molecule has 1 aromatic carbocycles. The third-order valence-corrected chi connectivity index (χ3v) is 4.62. The van der Waals surface area contributed by atoms with Gasteiger partial charge >= 0.3 is 0 Å². The molecule has 2 aromatic rings. The lowest BCUT2D eigenvalue weighted by Crippen LogP contribution is -2.50. The molecule has 1 saturated heterocycles. The molecule has 0 bridgehead atoms. The van der Waals surface area contributed by atoms with Crippen molar-refractivity contribution in [3.8, 4) is 0 Å². The third kappa shape index (κ3) is 3.45. The number of benzene rings is 1. The molecule has 0 radical (unpaired) electrons. The molecular formula is C16H15BrF2N2O2. The summed E-state index contributed by atoms with van der Waals surface area (Å²) >= 11 is 3.25. The van der Waals surface area contributed by atoms with Gasteiger partial charge in [0.1, 0.15) is 0 Å². The van der Waals surface area contributed by atoms with Crippen molar-refractivity contribution in [2.75, 3.05) is 13.1 Å². The first-order valence-electron chi connectivity index (χ1n) is 7.26. The molecule has 1 aromatic heterocycles. The van der Waals surface area contributed by atoms with Gasteiger partial charge in [-0.3, -0.25) is 4.79 Å². The Kier molecular flexibility index (Phi) is 4.77. The van der Waals surface area contributed by atoms with E-state index in [0.717, 1.165) is 19.0 Å². The van der Waals surface area contributed by atoms with Crippen molar-refractivity contribution in [2.45, 2.75) is 18.4 Å². The van der Waals surface area contributed by atoms with Crippen LogP contribution in [0.3, 0.4) is 0 Å². The fourth-order valence-electron chi connectivity index (χ4n) is 2.84. The second-order valence-corrected chi connectivity index (χ2v) is 6.30. The zero-order valence-corrected chi connectivity index (χ0v) is 13.7. The molecule has 7 heteroatoms. The maximum absolute atomic E-state index is 13.5. The molecule has 0 aliphatic carbocycles. The fourth-order valence-corrected chi connectivity index (χ4v) is 3.22. The van der Waals surface area contributed by atoms with Crippen LogP contribution in [-0.4, -0.2) is 25.0 Å². The Bertz CT molecular complexity index is 720. The summed E-state index contributed by atoms with van der Waals surface area (Å²) in [4.78, 5) is 12.3. The number of nitrogens with one attached hydrogen (secondary N) is 2. The summed E-state index contributed by atoms with van der Waals surface area (Å²) in [5.41, 5.74) is 0.675. The first kappa shape index (κ1) is 16.1. The summed E-state index contributed by atoms with van der Waals surface area (Å²) in [6.07, 6.45) is 2.14. The van der Waals surface area contributed by atoms with Gasteiger partial charge in [-0.25, -0.2) is 8.78 Å². The van der Waals surface area contributed by atoms with Crippen molar-refractivity contribution in [3.05, 3.63) is 58.0 Å². The van der Waals surface area contributed by atoms with Gasteiger partial charge in [0.25, 0.3) is 5.91 Å². The van der Waals surface area contributed by atoms with E-state index in [2.05, 4.69) is 26.6 Å². The number of hydrogen-bond acceptors (Lipinski definition) is 3. The highest BCUT2D eigenvalue weighted by atomic mass is 79.9. The first-order chi connectivity index (χ1) is 11.1. The monoisotopic (exact) mass is 384 g/mol. The summed E-state index contributed by atoms with van der Waals surface area (Å²) in [6.45, 7) is 1.30. The molecule has 1 aliphatic heterocycles. The molecule has 122 valence electrons. The van der Waals surface area contributed by atoms with Crippen LogP contribution in [0.5, 0.6) is 0 Å². The second kappa shape index (κ2) is 6.80. The van der Waals surface area contributed by atoms with Crippen LogP contribution in [0.1, 0.15) is 28.5 Å². The first-order valence-corrected chi connectivity index (χ1v) is 8.05. The Morgan fingerprint density at radius 3 is 2.83 bits per heavy atom. The molecular weight excluding hydrogens is 370 g/mol. The minimum Gasteiger partial charge on any atom is -0.458 e. The lowest BCUT2D eigenvalue weighted by atomic mass is 9.86. The second-order valence-electron chi connectivity index (χ2n) is 5.45. The standard InChI is InChI=1S/C16H15BrF2N2O2/c17-11-4-6-23-15(11)16(22)21-14-8-20-5-3-10(14)9-1-2-12(18)13(19)7-9/h1-2,4,6-7,10,14,20H,3,5,8H2,(H,21,22). The van der Waals surface area contributed by atoms with Crippen LogP contribution in [0.15, 0.2) is 39.4 Å². The van der Waals surface area contributed by atoms with Crippen molar-refractivity contribution in [2.24, 2.45) is 0 Å². The van der Waals surface area contributed by atoms with Crippen LogP contribution in [0.2, 0.25) is 0 Å². The predicted molar refractivity (Wildman–Crippen MR) is 84.2 cm³/mol. The lowest BCUT2D eigenvalue weighted by molar-refractivity contribution is 0.0895. The molecule has 2 atom stereocenters. The number of piperidine rings is 1. The van der Waals surface area contributed by atoms with Crippen molar-refractivity contribution >= 4 is 21.8 Å². The van der Waals surface area contributed by atoms with E-state index >= 15 is 0 Å². The van der Waals surface area contributed by atoms with Crippen LogP contribution < -0.4 is 10.6 Å². The number of carbonyl (C=O) groups is 1. The van der Waals surface area contributed by atoms with E-state index in [1.165, 1.54) is 12.3 Å². The quantitative estimate of drug-likeness (QED) is 0.854. The van der Waals surface area contributed by atoms with Crippen LogP contribution >= 0.6 is 15.9 Å². The number of amides is 1. The minimum absolute atomic E-state index is 0.0935. The van der Waals surface area contributed by atoms with Gasteiger partial charge in [-0.2, -0.15) is 0 Å². The topological polar surface area (TPSA) is 54.3 Å². The van der Waals surface area contributed by atoms with E-state index in [1.54, 1.807) is 12.1 Å². The van der Waals surface area contributed by atoms with E-state index in [1.807, 2.05) is 0 Å². The van der Waals surface area contributed by atoms with Gasteiger partial charge in [-0.15, -0.1) is 0 Å². The van der Waals surface area contributed by atoms with Gasteiger partial charge < -0.3 is 15.1 Å². The van der Waals surface area contributed by atoms with Crippen LogP contribution in [0, 0.1) is 11.6 Å². The van der Waals surface area contributed by atoms with Crippen molar-refractivity contribution in [1.82, 2.24) is 10.6 Å². The smallest absolute Gasteiger partial charge is 0.288 e. The van der Waals surface area contributed by atoms with Gasteiger partial charge in [-0.1, -0.05) is 6.07 Å².